The van der Waals surface area contributed by atoms with Gasteiger partial charge in [-0.25, -0.2) is 4.79 Å². The highest BCUT2D eigenvalue weighted by atomic mass is 16.6. The second kappa shape index (κ2) is 10.2. The van der Waals surface area contributed by atoms with Crippen LogP contribution < -0.4 is 15.2 Å². The number of carbonyl (C=O) groups excluding carboxylic acids is 5. The van der Waals surface area contributed by atoms with Gasteiger partial charge < -0.3 is 24.7 Å². The molecule has 2 N–H and O–H groups in total. The summed E-state index contributed by atoms with van der Waals surface area (Å²) >= 11 is 0. The highest BCUT2D eigenvalue weighted by Crippen LogP contribution is 2.38. The molecule has 0 unspecified atom stereocenters. The Kier molecular flexibility index (Phi) is 7.31. The van der Waals surface area contributed by atoms with Crippen molar-refractivity contribution in [1.29, 1.82) is 0 Å². The zero-order chi connectivity index (χ0) is 24.1. The molecule has 0 aromatic heterocycles. The molecule has 2 aromatic rings. The summed E-state index contributed by atoms with van der Waals surface area (Å²) in [4.78, 5) is 62.2. The molecule has 1 aliphatic carbocycles. The van der Waals surface area contributed by atoms with Crippen LogP contribution in [0, 0.1) is 0 Å². The lowest BCUT2D eigenvalue weighted by molar-refractivity contribution is -0.132. The van der Waals surface area contributed by atoms with Gasteiger partial charge in [0.05, 0.1) is 29.9 Å². The van der Waals surface area contributed by atoms with Crippen LogP contribution >= 0.6 is 0 Å². The van der Waals surface area contributed by atoms with E-state index in [-0.39, 0.29) is 52.5 Å². The maximum Gasteiger partial charge on any atom is 0.338 e. The van der Waals surface area contributed by atoms with Crippen molar-refractivity contribution in [2.24, 2.45) is 5.73 Å². The van der Waals surface area contributed by atoms with Crippen LogP contribution in [0.25, 0.3) is 0 Å². The van der Waals surface area contributed by atoms with Crippen LogP contribution in [0.3, 0.4) is 0 Å². The standard InChI is InChI=1S/C23H21NO9/c1-12(25)32-17-5-3-4-15-19(17)22(28)20-16(21(15)27)10-14(11-18(20)33-13(2)26)23(29)31-9-8-30-7-6-24/h3-5,10-11H,6-9,24H2,1-2H3. The summed E-state index contributed by atoms with van der Waals surface area (Å²) in [5.74, 6) is -3.93. The fraction of sp³-hybridized carbons (Fsp3) is 0.261. The van der Waals surface area contributed by atoms with Gasteiger partial charge in [-0.05, 0) is 18.2 Å². The number of rotatable bonds is 8. The van der Waals surface area contributed by atoms with Crippen molar-refractivity contribution in [3.63, 3.8) is 0 Å². The van der Waals surface area contributed by atoms with Crippen LogP contribution in [0.15, 0.2) is 30.3 Å². The first-order valence-corrected chi connectivity index (χ1v) is 9.96. The number of esters is 3. The molecule has 0 aliphatic heterocycles. The quantitative estimate of drug-likeness (QED) is 0.300. The lowest BCUT2D eigenvalue weighted by Crippen LogP contribution is -2.25. The number of fused-ring (bicyclic) bond motifs is 2. The predicted octanol–water partition coefficient (Wildman–Crippen LogP) is 1.44. The molecular formula is C23H21NO9. The van der Waals surface area contributed by atoms with E-state index in [9.17, 15) is 24.0 Å². The van der Waals surface area contributed by atoms with Gasteiger partial charge in [0.1, 0.15) is 18.1 Å². The van der Waals surface area contributed by atoms with E-state index in [4.69, 9.17) is 24.7 Å². The van der Waals surface area contributed by atoms with Gasteiger partial charge in [-0.2, -0.15) is 0 Å². The van der Waals surface area contributed by atoms with Gasteiger partial charge in [0, 0.05) is 31.5 Å². The van der Waals surface area contributed by atoms with E-state index in [0.717, 1.165) is 19.9 Å². The highest BCUT2D eigenvalue weighted by Gasteiger charge is 2.36. The Balaban J connectivity index is 2.04. The van der Waals surface area contributed by atoms with Crippen molar-refractivity contribution in [3.05, 3.63) is 58.1 Å². The van der Waals surface area contributed by atoms with Crippen molar-refractivity contribution in [1.82, 2.24) is 0 Å². The number of ether oxygens (including phenoxy) is 4. The summed E-state index contributed by atoms with van der Waals surface area (Å²) < 4.78 is 20.5. The van der Waals surface area contributed by atoms with E-state index in [1.54, 1.807) is 0 Å². The fourth-order valence-electron chi connectivity index (χ4n) is 3.31. The second-order valence-electron chi connectivity index (χ2n) is 6.96. The Bertz CT molecular complexity index is 1150. The number of ketones is 2. The summed E-state index contributed by atoms with van der Waals surface area (Å²) in [6.07, 6.45) is 0. The number of carbonyl (C=O) groups is 5. The Morgan fingerprint density at radius 2 is 1.48 bits per heavy atom. The van der Waals surface area contributed by atoms with Crippen LogP contribution in [0.2, 0.25) is 0 Å². The third-order valence-electron chi connectivity index (χ3n) is 4.54. The smallest absolute Gasteiger partial charge is 0.338 e. The number of hydrogen-bond donors (Lipinski definition) is 1. The fourth-order valence-corrected chi connectivity index (χ4v) is 3.31. The van der Waals surface area contributed by atoms with Gasteiger partial charge in [0.15, 0.2) is 5.78 Å². The molecule has 3 rings (SSSR count). The molecule has 0 saturated heterocycles. The van der Waals surface area contributed by atoms with Crippen LogP contribution in [-0.2, 0) is 19.1 Å². The maximum atomic E-state index is 13.3. The molecule has 0 bridgehead atoms. The molecular weight excluding hydrogens is 434 g/mol. The predicted molar refractivity (Wildman–Crippen MR) is 113 cm³/mol. The Morgan fingerprint density at radius 1 is 0.818 bits per heavy atom. The van der Waals surface area contributed by atoms with E-state index < -0.39 is 29.5 Å². The lowest BCUT2D eigenvalue weighted by atomic mass is 9.82. The van der Waals surface area contributed by atoms with E-state index in [1.807, 2.05) is 0 Å². The van der Waals surface area contributed by atoms with E-state index in [0.29, 0.717) is 13.2 Å². The Hall–Kier alpha value is -3.89. The average molecular weight is 455 g/mol. The van der Waals surface area contributed by atoms with Gasteiger partial charge >= 0.3 is 17.9 Å². The van der Waals surface area contributed by atoms with Crippen molar-refractivity contribution >= 4 is 29.5 Å². The molecule has 0 amide bonds. The van der Waals surface area contributed by atoms with E-state index in [2.05, 4.69) is 0 Å². The van der Waals surface area contributed by atoms with Crippen molar-refractivity contribution < 1.29 is 42.9 Å². The van der Waals surface area contributed by atoms with Crippen molar-refractivity contribution in [2.45, 2.75) is 13.8 Å². The Morgan fingerprint density at radius 3 is 2.15 bits per heavy atom. The first kappa shape index (κ1) is 23.8. The van der Waals surface area contributed by atoms with Crippen LogP contribution in [0.1, 0.15) is 56.0 Å². The van der Waals surface area contributed by atoms with Gasteiger partial charge in [-0.1, -0.05) is 12.1 Å². The molecule has 1 aliphatic rings. The summed E-state index contributed by atoms with van der Waals surface area (Å²) in [5, 5.41) is 0. The van der Waals surface area contributed by atoms with Crippen LogP contribution in [0.5, 0.6) is 11.5 Å². The van der Waals surface area contributed by atoms with Crippen molar-refractivity contribution in [2.75, 3.05) is 26.4 Å². The monoisotopic (exact) mass is 455 g/mol. The summed E-state index contributed by atoms with van der Waals surface area (Å²) in [7, 11) is 0. The SMILES string of the molecule is CC(=O)Oc1cccc2c1C(=O)c1c(OC(C)=O)cc(C(=O)OCCOCCN)cc1C2=O. The van der Waals surface area contributed by atoms with Gasteiger partial charge in [0.2, 0.25) is 5.78 Å². The third-order valence-corrected chi connectivity index (χ3v) is 4.54. The second-order valence-corrected chi connectivity index (χ2v) is 6.96. The summed E-state index contributed by atoms with van der Waals surface area (Å²) in [6, 6.07) is 6.58. The molecule has 0 saturated carbocycles. The molecule has 0 atom stereocenters. The molecule has 10 nitrogen and oxygen atoms in total. The van der Waals surface area contributed by atoms with Gasteiger partial charge in [-0.3, -0.25) is 19.2 Å². The first-order chi connectivity index (χ1) is 15.7. The van der Waals surface area contributed by atoms with E-state index >= 15 is 0 Å². The highest BCUT2D eigenvalue weighted by molar-refractivity contribution is 6.30. The minimum absolute atomic E-state index is 0.0132. The molecule has 172 valence electrons. The Labute approximate surface area is 188 Å². The van der Waals surface area contributed by atoms with Crippen molar-refractivity contribution in [3.8, 4) is 11.5 Å². The lowest BCUT2D eigenvalue weighted by Gasteiger charge is -2.22. The minimum Gasteiger partial charge on any atom is -0.460 e. The molecule has 0 heterocycles. The zero-order valence-electron chi connectivity index (χ0n) is 18.0. The van der Waals surface area contributed by atoms with Crippen LogP contribution in [-0.4, -0.2) is 55.8 Å². The van der Waals surface area contributed by atoms with Crippen LogP contribution in [0.4, 0.5) is 0 Å². The normalized spacial score (nSPS) is 12.0. The molecule has 0 radical (unpaired) electrons. The van der Waals surface area contributed by atoms with E-state index in [1.165, 1.54) is 24.3 Å². The summed E-state index contributed by atoms with van der Waals surface area (Å²) in [6.45, 7) is 2.94. The third kappa shape index (κ3) is 5.13. The number of benzene rings is 2. The topological polar surface area (TPSA) is 148 Å². The minimum atomic E-state index is -0.803. The molecule has 2 aromatic carbocycles. The zero-order valence-corrected chi connectivity index (χ0v) is 18.0. The maximum absolute atomic E-state index is 13.3. The first-order valence-electron chi connectivity index (χ1n) is 9.96. The van der Waals surface area contributed by atoms with Gasteiger partial charge in [-0.15, -0.1) is 0 Å². The molecule has 33 heavy (non-hydrogen) atoms. The number of hydrogen-bond acceptors (Lipinski definition) is 10. The molecule has 0 spiro atoms. The summed E-state index contributed by atoms with van der Waals surface area (Å²) in [5.41, 5.74) is 4.72. The molecule has 10 heteroatoms. The largest absolute Gasteiger partial charge is 0.460 e. The molecule has 0 fully saturated rings. The van der Waals surface area contributed by atoms with Gasteiger partial charge in [0.25, 0.3) is 0 Å². The average Bonchev–Trinajstić information content (AvgIpc) is 2.75. The number of nitrogens with two attached hydrogens (primary N) is 1.